The van der Waals surface area contributed by atoms with E-state index >= 15 is 0 Å². The highest BCUT2D eigenvalue weighted by Crippen LogP contribution is 2.34. The lowest BCUT2D eigenvalue weighted by molar-refractivity contribution is -0.137. The van der Waals surface area contributed by atoms with Gasteiger partial charge in [0.05, 0.1) is 16.9 Å². The van der Waals surface area contributed by atoms with Gasteiger partial charge in [0.1, 0.15) is 16.8 Å². The summed E-state index contributed by atoms with van der Waals surface area (Å²) in [5.41, 5.74) is 6.66. The van der Waals surface area contributed by atoms with E-state index in [2.05, 4.69) is 10.3 Å². The second-order valence-corrected chi connectivity index (χ2v) is 9.49. The second kappa shape index (κ2) is 8.85. The average Bonchev–Trinajstić information content (AvgIpc) is 3.08. The molecule has 4 rings (SSSR count). The van der Waals surface area contributed by atoms with Gasteiger partial charge in [-0.3, -0.25) is 9.79 Å². The number of alkyl halides is 3. The van der Waals surface area contributed by atoms with Crippen LogP contribution in [-0.4, -0.2) is 39.2 Å². The summed E-state index contributed by atoms with van der Waals surface area (Å²) in [5, 5.41) is 4.24. The van der Waals surface area contributed by atoms with Crippen LogP contribution in [0.5, 0.6) is 0 Å². The van der Waals surface area contributed by atoms with Gasteiger partial charge in [-0.05, 0) is 61.2 Å². The van der Waals surface area contributed by atoms with Crippen LogP contribution in [0.15, 0.2) is 52.9 Å². The number of benzene rings is 2. The molecule has 3 N–H and O–H groups in total. The van der Waals surface area contributed by atoms with Gasteiger partial charge in [-0.15, -0.1) is 4.31 Å². The zero-order chi connectivity index (χ0) is 23.8. The van der Waals surface area contributed by atoms with Crippen molar-refractivity contribution in [2.75, 3.05) is 18.8 Å². The van der Waals surface area contributed by atoms with Crippen LogP contribution < -0.4 is 11.1 Å². The van der Waals surface area contributed by atoms with Crippen molar-refractivity contribution in [1.82, 2.24) is 9.62 Å². The van der Waals surface area contributed by atoms with Crippen LogP contribution in [0, 0.1) is 6.92 Å². The number of nitrogen functional groups attached to an aromatic ring is 1. The van der Waals surface area contributed by atoms with Gasteiger partial charge < -0.3 is 15.6 Å². The summed E-state index contributed by atoms with van der Waals surface area (Å²) in [4.78, 5) is 17.2. The Bertz CT molecular complexity index is 1120. The van der Waals surface area contributed by atoms with Crippen molar-refractivity contribution in [3.63, 3.8) is 0 Å². The van der Waals surface area contributed by atoms with Gasteiger partial charge in [0.25, 0.3) is 5.91 Å². The summed E-state index contributed by atoms with van der Waals surface area (Å²) in [6.45, 7) is 2.65. The number of hydrogen-bond acceptors (Lipinski definition) is 5. The molecule has 2 aliphatic heterocycles. The van der Waals surface area contributed by atoms with Crippen LogP contribution in [0.1, 0.15) is 35.1 Å². The van der Waals surface area contributed by atoms with Gasteiger partial charge in [-0.2, -0.15) is 13.2 Å². The van der Waals surface area contributed by atoms with E-state index in [1.165, 1.54) is 12.1 Å². The number of aliphatic imine (C=N–C) groups is 1. The van der Waals surface area contributed by atoms with E-state index in [1.807, 2.05) is 19.1 Å². The predicted octanol–water partition coefficient (Wildman–Crippen LogP) is 3.64. The molecule has 1 amide bonds. The van der Waals surface area contributed by atoms with Gasteiger partial charge in [-0.25, -0.2) is 0 Å². The maximum absolute atomic E-state index is 13.0. The van der Waals surface area contributed by atoms with Gasteiger partial charge in [0.2, 0.25) is 0 Å². The Hall–Kier alpha value is -2.82. The SMILES string of the molecule is Cc1cc(N)ccc1/C=C/[S@+]([O-])N1CCC2(CC1)N=C(c1cccc(C(F)(F)F)c1)NC2=O. The number of nitrogens with one attached hydrogen (secondary N) is 1. The second-order valence-electron chi connectivity index (χ2n) is 8.15. The van der Waals surface area contributed by atoms with Gasteiger partial charge in [-0.1, -0.05) is 18.2 Å². The third-order valence-corrected chi connectivity index (χ3v) is 7.15. The summed E-state index contributed by atoms with van der Waals surface area (Å²) in [6.07, 6.45) is -2.06. The lowest BCUT2D eigenvalue weighted by Gasteiger charge is -2.34. The zero-order valence-corrected chi connectivity index (χ0v) is 18.7. The average molecular weight is 477 g/mol. The highest BCUT2D eigenvalue weighted by molar-refractivity contribution is 7.92. The number of carbonyl (C=O) groups is 1. The molecule has 0 aliphatic carbocycles. The largest absolute Gasteiger partial charge is 0.593 e. The molecule has 2 heterocycles. The smallest absolute Gasteiger partial charge is 0.416 e. The number of amides is 1. The lowest BCUT2D eigenvalue weighted by Crippen LogP contribution is -2.50. The van der Waals surface area contributed by atoms with Crippen LogP contribution in [0.2, 0.25) is 0 Å². The number of nitrogens with zero attached hydrogens (tertiary/aromatic N) is 2. The summed E-state index contributed by atoms with van der Waals surface area (Å²) < 4.78 is 53.6. The highest BCUT2D eigenvalue weighted by Gasteiger charge is 2.47. The topological polar surface area (TPSA) is 93.8 Å². The van der Waals surface area contributed by atoms with Gasteiger partial charge in [0, 0.05) is 24.3 Å². The number of aryl methyl sites for hydroxylation is 1. The third-order valence-electron chi connectivity index (χ3n) is 5.91. The van der Waals surface area contributed by atoms with Crippen LogP contribution in [0.4, 0.5) is 18.9 Å². The first-order valence-corrected chi connectivity index (χ1v) is 11.5. The number of nitrogens with two attached hydrogens (primary N) is 1. The molecular weight excluding hydrogens is 453 g/mol. The van der Waals surface area contributed by atoms with Gasteiger partial charge in [0.15, 0.2) is 0 Å². The molecule has 6 nitrogen and oxygen atoms in total. The minimum atomic E-state index is -4.48. The monoisotopic (exact) mass is 476 g/mol. The van der Waals surface area contributed by atoms with Crippen molar-refractivity contribution in [3.05, 3.63) is 70.1 Å². The first-order valence-electron chi connectivity index (χ1n) is 10.4. The Morgan fingerprint density at radius 2 is 1.94 bits per heavy atom. The number of hydrogen-bond donors (Lipinski definition) is 2. The Morgan fingerprint density at radius 1 is 1.21 bits per heavy atom. The molecule has 10 heteroatoms. The molecule has 1 fully saturated rings. The third kappa shape index (κ3) is 4.92. The Kier molecular flexibility index (Phi) is 6.26. The molecule has 0 saturated carbocycles. The first-order chi connectivity index (χ1) is 15.6. The number of halogens is 3. The molecule has 174 valence electrons. The number of amidine groups is 1. The van der Waals surface area contributed by atoms with E-state index < -0.39 is 28.6 Å². The summed E-state index contributed by atoms with van der Waals surface area (Å²) in [5.74, 6) is -0.201. The molecule has 2 aliphatic rings. The van der Waals surface area contributed by atoms with E-state index in [1.54, 1.807) is 21.9 Å². The highest BCUT2D eigenvalue weighted by atomic mass is 32.2. The van der Waals surface area contributed by atoms with E-state index in [0.29, 0.717) is 31.6 Å². The van der Waals surface area contributed by atoms with Crippen LogP contribution in [0.25, 0.3) is 6.08 Å². The van der Waals surface area contributed by atoms with Crippen molar-refractivity contribution < 1.29 is 22.5 Å². The molecule has 0 radical (unpaired) electrons. The molecule has 0 bridgehead atoms. The number of carbonyl (C=O) groups excluding carboxylic acids is 1. The maximum Gasteiger partial charge on any atom is 0.416 e. The number of anilines is 1. The van der Waals surface area contributed by atoms with Crippen molar-refractivity contribution in [2.45, 2.75) is 31.5 Å². The van der Waals surface area contributed by atoms with Crippen molar-refractivity contribution in [2.24, 2.45) is 4.99 Å². The molecule has 2 aromatic rings. The van der Waals surface area contributed by atoms with Crippen molar-refractivity contribution in [3.8, 4) is 0 Å². The fourth-order valence-electron chi connectivity index (χ4n) is 3.97. The molecular formula is C23H23F3N4O2S. The van der Waals surface area contributed by atoms with E-state index in [-0.39, 0.29) is 17.3 Å². The van der Waals surface area contributed by atoms with E-state index in [4.69, 9.17) is 5.73 Å². The molecule has 0 unspecified atom stereocenters. The maximum atomic E-state index is 13.0. The standard InChI is InChI=1S/C23H23F3N4O2S/c1-15-13-19(27)6-5-16(15)7-12-33(32)30-10-8-22(9-11-30)21(31)28-20(29-22)17-3-2-4-18(14-17)23(24,25)26/h2-7,12-14H,8-11,27H2,1H3,(H,28,29,31)/b12-7+/t33-/m0/s1. The normalized spacial score (nSPS) is 19.7. The van der Waals surface area contributed by atoms with Gasteiger partial charge >= 0.3 is 6.18 Å². The molecule has 1 atom stereocenters. The van der Waals surface area contributed by atoms with Crippen LogP contribution >= 0.6 is 0 Å². The zero-order valence-electron chi connectivity index (χ0n) is 17.9. The Labute approximate surface area is 192 Å². The number of piperidine rings is 1. The molecule has 2 aromatic carbocycles. The predicted molar refractivity (Wildman–Crippen MR) is 122 cm³/mol. The quantitative estimate of drug-likeness (QED) is 0.521. The van der Waals surface area contributed by atoms with Crippen LogP contribution in [-0.2, 0) is 22.3 Å². The fraction of sp³-hybridized carbons (Fsp3) is 0.304. The lowest BCUT2D eigenvalue weighted by atomic mass is 9.89. The molecule has 1 saturated heterocycles. The minimum Gasteiger partial charge on any atom is -0.593 e. The van der Waals surface area contributed by atoms with Crippen molar-refractivity contribution in [1.29, 1.82) is 0 Å². The van der Waals surface area contributed by atoms with Crippen LogP contribution in [0.3, 0.4) is 0 Å². The van der Waals surface area contributed by atoms with E-state index in [9.17, 15) is 22.5 Å². The molecule has 1 spiro atoms. The van der Waals surface area contributed by atoms with E-state index in [0.717, 1.165) is 23.3 Å². The fourth-order valence-corrected chi connectivity index (χ4v) is 4.95. The Balaban J connectivity index is 1.44. The summed E-state index contributed by atoms with van der Waals surface area (Å²) in [7, 11) is 0. The summed E-state index contributed by atoms with van der Waals surface area (Å²) in [6, 6.07) is 10.2. The molecule has 33 heavy (non-hydrogen) atoms. The number of rotatable bonds is 4. The Morgan fingerprint density at radius 3 is 2.61 bits per heavy atom. The molecule has 0 aromatic heterocycles. The minimum absolute atomic E-state index is 0.138. The summed E-state index contributed by atoms with van der Waals surface area (Å²) >= 11 is -1.39. The van der Waals surface area contributed by atoms with Crippen molar-refractivity contribution >= 4 is 34.9 Å². The first kappa shape index (κ1) is 23.3.